The Bertz CT molecular complexity index is 1040. The van der Waals surface area contributed by atoms with Crippen molar-refractivity contribution in [3.63, 3.8) is 0 Å². The summed E-state index contributed by atoms with van der Waals surface area (Å²) >= 11 is 0. The molecule has 0 aromatic rings. The number of hydrogen-bond acceptors (Lipinski definition) is 9. The van der Waals surface area contributed by atoms with Crippen LogP contribution in [0, 0.1) is 0 Å². The standard InChI is InChI=1S/C43H80NO10P/c1-3-5-7-9-11-13-15-17-19-20-21-23-24-26-28-30-32-34-41(45)51-36-39(37-52-55(49,50)53-38-40(44)43(47)48)54-42(46)35-33-31-29-27-25-22-18-16-14-12-10-8-6-4-2/h10,12,16,18,39-40H,3-9,11,13-15,17,19-38,44H2,1-2H3,(H,47,48)(H,49,50)/b12-10-,18-16-. The van der Waals surface area contributed by atoms with Crippen LogP contribution in [0.5, 0.6) is 0 Å². The molecule has 0 aliphatic rings. The lowest BCUT2D eigenvalue weighted by Gasteiger charge is -2.20. The zero-order chi connectivity index (χ0) is 40.7. The number of allylic oxidation sites excluding steroid dienone is 4. The summed E-state index contributed by atoms with van der Waals surface area (Å²) in [6.07, 6.45) is 39.5. The van der Waals surface area contributed by atoms with Gasteiger partial charge in [-0.3, -0.25) is 23.4 Å². The molecule has 4 N–H and O–H groups in total. The van der Waals surface area contributed by atoms with E-state index in [0.29, 0.717) is 12.8 Å². The van der Waals surface area contributed by atoms with Gasteiger partial charge in [0.1, 0.15) is 12.6 Å². The van der Waals surface area contributed by atoms with E-state index in [4.69, 9.17) is 24.8 Å². The minimum absolute atomic E-state index is 0.148. The van der Waals surface area contributed by atoms with Crippen LogP contribution in [0.1, 0.15) is 200 Å². The maximum absolute atomic E-state index is 12.6. The molecule has 0 aliphatic carbocycles. The lowest BCUT2D eigenvalue weighted by molar-refractivity contribution is -0.161. The van der Waals surface area contributed by atoms with Crippen LogP contribution < -0.4 is 5.73 Å². The maximum Gasteiger partial charge on any atom is 0.472 e. The number of phosphoric acid groups is 1. The number of carbonyl (C=O) groups is 3. The second kappa shape index (κ2) is 38.8. The molecule has 322 valence electrons. The molecule has 0 heterocycles. The number of ether oxygens (including phenoxy) is 2. The molecule has 55 heavy (non-hydrogen) atoms. The summed E-state index contributed by atoms with van der Waals surface area (Å²) in [5, 5.41) is 8.88. The molecule has 0 spiro atoms. The van der Waals surface area contributed by atoms with Gasteiger partial charge in [-0.1, -0.05) is 173 Å². The van der Waals surface area contributed by atoms with Gasteiger partial charge in [-0.15, -0.1) is 0 Å². The van der Waals surface area contributed by atoms with E-state index in [0.717, 1.165) is 64.2 Å². The highest BCUT2D eigenvalue weighted by atomic mass is 31.2. The van der Waals surface area contributed by atoms with E-state index in [9.17, 15) is 23.8 Å². The van der Waals surface area contributed by atoms with E-state index >= 15 is 0 Å². The first kappa shape index (κ1) is 53.0. The largest absolute Gasteiger partial charge is 0.480 e. The first-order chi connectivity index (χ1) is 26.6. The summed E-state index contributed by atoms with van der Waals surface area (Å²) in [4.78, 5) is 45.9. The molecular formula is C43H80NO10P. The number of carboxylic acid groups (broad SMARTS) is 1. The second-order valence-electron chi connectivity index (χ2n) is 14.8. The van der Waals surface area contributed by atoms with Gasteiger partial charge in [0.15, 0.2) is 6.10 Å². The highest BCUT2D eigenvalue weighted by Gasteiger charge is 2.28. The van der Waals surface area contributed by atoms with Crippen LogP contribution in [0.25, 0.3) is 0 Å². The molecule has 0 saturated heterocycles. The monoisotopic (exact) mass is 802 g/mol. The Morgan fingerprint density at radius 2 is 0.982 bits per heavy atom. The molecule has 0 bridgehead atoms. The summed E-state index contributed by atoms with van der Waals surface area (Å²) < 4.78 is 32.7. The number of nitrogens with two attached hydrogens (primary N) is 1. The smallest absolute Gasteiger partial charge is 0.472 e. The maximum atomic E-state index is 12.6. The van der Waals surface area contributed by atoms with Crippen LogP contribution in [0.4, 0.5) is 0 Å². The topological polar surface area (TPSA) is 172 Å². The summed E-state index contributed by atoms with van der Waals surface area (Å²) in [6, 6.07) is -1.52. The minimum atomic E-state index is -4.71. The Hall–Kier alpha value is -2.04. The number of carboxylic acids is 1. The van der Waals surface area contributed by atoms with Gasteiger partial charge in [-0.25, -0.2) is 4.57 Å². The molecule has 0 fully saturated rings. The Morgan fingerprint density at radius 3 is 1.47 bits per heavy atom. The molecule has 0 aromatic carbocycles. The molecule has 3 unspecified atom stereocenters. The average molecular weight is 802 g/mol. The SMILES string of the molecule is CCCC/C=C\C/C=C\CCCCCCCC(=O)OC(COC(=O)CCCCCCCCCCCCCCCCCCC)COP(=O)(O)OCC(N)C(=O)O. The summed E-state index contributed by atoms with van der Waals surface area (Å²) in [5.41, 5.74) is 5.33. The van der Waals surface area contributed by atoms with Crippen molar-refractivity contribution in [3.8, 4) is 0 Å². The van der Waals surface area contributed by atoms with E-state index in [1.54, 1.807) is 0 Å². The Kier molecular flexibility index (Phi) is 37.4. The van der Waals surface area contributed by atoms with E-state index in [2.05, 4.69) is 42.7 Å². The van der Waals surface area contributed by atoms with Gasteiger partial charge in [-0.05, 0) is 38.5 Å². The van der Waals surface area contributed by atoms with Crippen molar-refractivity contribution < 1.29 is 47.5 Å². The van der Waals surface area contributed by atoms with Crippen LogP contribution in [0.3, 0.4) is 0 Å². The zero-order valence-electron chi connectivity index (χ0n) is 34.8. The van der Waals surface area contributed by atoms with Crippen LogP contribution in [0.2, 0.25) is 0 Å². The van der Waals surface area contributed by atoms with Gasteiger partial charge in [0.25, 0.3) is 0 Å². The lowest BCUT2D eigenvalue weighted by Crippen LogP contribution is -2.34. The number of esters is 2. The Balaban J connectivity index is 4.34. The van der Waals surface area contributed by atoms with Crippen molar-refractivity contribution in [3.05, 3.63) is 24.3 Å². The van der Waals surface area contributed by atoms with Gasteiger partial charge in [-0.2, -0.15) is 0 Å². The van der Waals surface area contributed by atoms with Crippen molar-refractivity contribution in [1.82, 2.24) is 0 Å². The molecule has 0 aromatic heterocycles. The first-order valence-corrected chi connectivity index (χ1v) is 23.4. The van der Waals surface area contributed by atoms with E-state index in [1.807, 2.05) is 0 Å². The van der Waals surface area contributed by atoms with E-state index in [-0.39, 0.29) is 19.4 Å². The fourth-order valence-electron chi connectivity index (χ4n) is 5.96. The van der Waals surface area contributed by atoms with Gasteiger partial charge < -0.3 is 25.2 Å². The molecule has 0 saturated carbocycles. The fraction of sp³-hybridized carbons (Fsp3) is 0.837. The fourth-order valence-corrected chi connectivity index (χ4v) is 6.74. The average Bonchev–Trinajstić information content (AvgIpc) is 3.16. The zero-order valence-corrected chi connectivity index (χ0v) is 35.7. The third kappa shape index (κ3) is 38.6. The molecule has 0 amide bonds. The summed E-state index contributed by atoms with van der Waals surface area (Å²) in [5.74, 6) is -2.39. The lowest BCUT2D eigenvalue weighted by atomic mass is 10.0. The molecular weight excluding hydrogens is 721 g/mol. The highest BCUT2D eigenvalue weighted by Crippen LogP contribution is 2.43. The third-order valence-corrected chi connectivity index (χ3v) is 10.4. The number of rotatable bonds is 41. The third-order valence-electron chi connectivity index (χ3n) is 9.45. The number of phosphoric ester groups is 1. The molecule has 3 atom stereocenters. The quantitative estimate of drug-likeness (QED) is 0.0232. The molecule has 0 radical (unpaired) electrons. The summed E-state index contributed by atoms with van der Waals surface area (Å²) in [7, 11) is -4.71. The van der Waals surface area contributed by atoms with Crippen molar-refractivity contribution in [1.29, 1.82) is 0 Å². The Morgan fingerprint density at radius 1 is 0.564 bits per heavy atom. The number of unbranched alkanes of at least 4 members (excludes halogenated alkanes) is 23. The Labute approximate surface area is 334 Å². The number of aliphatic carboxylic acids is 1. The van der Waals surface area contributed by atoms with E-state index < -0.39 is 51.1 Å². The van der Waals surface area contributed by atoms with Crippen molar-refractivity contribution in [2.75, 3.05) is 19.8 Å². The van der Waals surface area contributed by atoms with E-state index in [1.165, 1.54) is 96.3 Å². The number of hydrogen-bond donors (Lipinski definition) is 3. The predicted molar refractivity (Wildman–Crippen MR) is 222 cm³/mol. The predicted octanol–water partition coefficient (Wildman–Crippen LogP) is 11.5. The van der Waals surface area contributed by atoms with Crippen molar-refractivity contribution >= 4 is 25.7 Å². The number of carbonyl (C=O) groups excluding carboxylic acids is 2. The highest BCUT2D eigenvalue weighted by molar-refractivity contribution is 7.47. The van der Waals surface area contributed by atoms with Crippen LogP contribution in [0.15, 0.2) is 24.3 Å². The second-order valence-corrected chi connectivity index (χ2v) is 16.3. The van der Waals surface area contributed by atoms with Crippen LogP contribution in [-0.4, -0.2) is 59.9 Å². The normalized spacial score (nSPS) is 14.0. The van der Waals surface area contributed by atoms with Gasteiger partial charge in [0, 0.05) is 12.8 Å². The van der Waals surface area contributed by atoms with Gasteiger partial charge >= 0.3 is 25.7 Å². The molecule has 0 aliphatic heterocycles. The van der Waals surface area contributed by atoms with Gasteiger partial charge in [0.2, 0.25) is 0 Å². The molecule has 0 rings (SSSR count). The van der Waals surface area contributed by atoms with Crippen molar-refractivity contribution in [2.45, 2.75) is 212 Å². The molecule has 11 nitrogen and oxygen atoms in total. The molecule has 12 heteroatoms. The minimum Gasteiger partial charge on any atom is -0.480 e. The van der Waals surface area contributed by atoms with Crippen molar-refractivity contribution in [2.24, 2.45) is 5.73 Å². The first-order valence-electron chi connectivity index (χ1n) is 21.9. The van der Waals surface area contributed by atoms with Crippen LogP contribution >= 0.6 is 7.82 Å². The van der Waals surface area contributed by atoms with Crippen LogP contribution in [-0.2, 0) is 37.5 Å². The van der Waals surface area contributed by atoms with Gasteiger partial charge in [0.05, 0.1) is 13.2 Å². The summed E-state index contributed by atoms with van der Waals surface area (Å²) in [6.45, 7) is 2.76.